The molecule has 2 rings (SSSR count). The second-order valence-electron chi connectivity index (χ2n) is 4.59. The van der Waals surface area contributed by atoms with Gasteiger partial charge in [0, 0.05) is 17.5 Å². The summed E-state index contributed by atoms with van der Waals surface area (Å²) < 4.78 is 4.64. The first-order chi connectivity index (χ1) is 9.02. The maximum atomic E-state index is 11.2. The van der Waals surface area contributed by atoms with Gasteiger partial charge in [0.1, 0.15) is 0 Å². The van der Waals surface area contributed by atoms with Gasteiger partial charge in [-0.1, -0.05) is 17.7 Å². The maximum absolute atomic E-state index is 11.2. The van der Waals surface area contributed by atoms with E-state index in [9.17, 15) is 4.79 Å². The largest absolute Gasteiger partial charge is 0.469 e. The Bertz CT molecular complexity index is 638. The van der Waals surface area contributed by atoms with Gasteiger partial charge in [-0.3, -0.25) is 9.78 Å². The number of aromatic nitrogens is 1. The number of aryl methyl sites for hydroxylation is 3. The smallest absolute Gasteiger partial charge is 0.305 e. The van der Waals surface area contributed by atoms with E-state index in [1.165, 1.54) is 7.11 Å². The van der Waals surface area contributed by atoms with Gasteiger partial charge < -0.3 is 4.74 Å². The zero-order valence-electron chi connectivity index (χ0n) is 11.3. The van der Waals surface area contributed by atoms with Crippen LogP contribution in [0.3, 0.4) is 0 Å². The van der Waals surface area contributed by atoms with E-state index in [0.717, 1.165) is 27.7 Å². The van der Waals surface area contributed by atoms with Gasteiger partial charge in [0.05, 0.1) is 24.1 Å². The number of esters is 1. The molecule has 0 amide bonds. The molecule has 3 nitrogen and oxygen atoms in total. The SMILES string of the molecule is COC(=O)CCc1cc(C)c2c(Cl)ccc(C)c2n1. The molecule has 1 aromatic heterocycles. The molecule has 0 saturated carbocycles. The van der Waals surface area contributed by atoms with Crippen molar-refractivity contribution >= 4 is 28.5 Å². The highest BCUT2D eigenvalue weighted by atomic mass is 35.5. The standard InChI is InChI=1S/C15H16ClNO2/c1-9-4-6-12(16)14-10(2)8-11(17-15(9)14)5-7-13(18)19-3/h4,6,8H,5,7H2,1-3H3. The van der Waals surface area contributed by atoms with Gasteiger partial charge in [-0.05, 0) is 37.1 Å². The molecule has 0 unspecified atom stereocenters. The summed E-state index contributed by atoms with van der Waals surface area (Å²) in [5, 5.41) is 1.70. The van der Waals surface area contributed by atoms with E-state index in [2.05, 4.69) is 9.72 Å². The van der Waals surface area contributed by atoms with E-state index >= 15 is 0 Å². The van der Waals surface area contributed by atoms with Crippen LogP contribution in [0.1, 0.15) is 23.2 Å². The maximum Gasteiger partial charge on any atom is 0.305 e. The van der Waals surface area contributed by atoms with Crippen molar-refractivity contribution in [2.75, 3.05) is 7.11 Å². The summed E-state index contributed by atoms with van der Waals surface area (Å²) in [6.07, 6.45) is 0.920. The fourth-order valence-electron chi connectivity index (χ4n) is 2.15. The molecule has 0 aliphatic carbocycles. The monoisotopic (exact) mass is 277 g/mol. The summed E-state index contributed by atoms with van der Waals surface area (Å²) in [6, 6.07) is 5.83. The van der Waals surface area contributed by atoms with Crippen LogP contribution in [0.15, 0.2) is 18.2 Å². The molecule has 0 spiro atoms. The lowest BCUT2D eigenvalue weighted by Crippen LogP contribution is -2.03. The summed E-state index contributed by atoms with van der Waals surface area (Å²) >= 11 is 6.22. The molecule has 1 heterocycles. The number of hydrogen-bond donors (Lipinski definition) is 0. The Kier molecular flexibility index (Phi) is 4.05. The number of carbonyl (C=O) groups is 1. The molecule has 100 valence electrons. The van der Waals surface area contributed by atoms with Crippen molar-refractivity contribution in [3.63, 3.8) is 0 Å². The molecule has 0 aliphatic rings. The quantitative estimate of drug-likeness (QED) is 0.805. The molecule has 1 aromatic carbocycles. The molecule has 4 heteroatoms. The van der Waals surface area contributed by atoms with Crippen molar-refractivity contribution in [2.24, 2.45) is 0 Å². The van der Waals surface area contributed by atoms with E-state index in [4.69, 9.17) is 11.6 Å². The van der Waals surface area contributed by atoms with Crippen molar-refractivity contribution in [3.8, 4) is 0 Å². The third-order valence-corrected chi connectivity index (χ3v) is 3.49. The molecule has 0 radical (unpaired) electrons. The van der Waals surface area contributed by atoms with E-state index < -0.39 is 0 Å². The number of pyridine rings is 1. The van der Waals surface area contributed by atoms with E-state index in [1.807, 2.05) is 32.0 Å². The molecular formula is C15H16ClNO2. The molecule has 0 atom stereocenters. The first-order valence-electron chi connectivity index (χ1n) is 6.15. The Morgan fingerprint density at radius 3 is 2.74 bits per heavy atom. The van der Waals surface area contributed by atoms with Crippen LogP contribution >= 0.6 is 11.6 Å². The number of hydrogen-bond acceptors (Lipinski definition) is 3. The molecule has 0 saturated heterocycles. The van der Waals surface area contributed by atoms with Crippen LogP contribution in [0, 0.1) is 13.8 Å². The number of rotatable bonds is 3. The van der Waals surface area contributed by atoms with Gasteiger partial charge in [0.25, 0.3) is 0 Å². The highest BCUT2D eigenvalue weighted by Crippen LogP contribution is 2.28. The summed E-state index contributed by atoms with van der Waals surface area (Å²) in [7, 11) is 1.39. The zero-order chi connectivity index (χ0) is 14.0. The highest BCUT2D eigenvalue weighted by Gasteiger charge is 2.10. The number of nitrogens with zero attached hydrogens (tertiary/aromatic N) is 1. The first-order valence-corrected chi connectivity index (χ1v) is 6.53. The number of carbonyl (C=O) groups excluding carboxylic acids is 1. The second-order valence-corrected chi connectivity index (χ2v) is 5.00. The summed E-state index contributed by atoms with van der Waals surface area (Å²) in [6.45, 7) is 4.02. The Morgan fingerprint density at radius 1 is 1.32 bits per heavy atom. The van der Waals surface area contributed by atoms with E-state index in [-0.39, 0.29) is 5.97 Å². The Labute approximate surface area is 117 Å². The average molecular weight is 278 g/mol. The van der Waals surface area contributed by atoms with Crippen LogP contribution in [0.25, 0.3) is 10.9 Å². The third kappa shape index (κ3) is 2.87. The van der Waals surface area contributed by atoms with E-state index in [0.29, 0.717) is 17.9 Å². The summed E-state index contributed by atoms with van der Waals surface area (Å²) in [5.41, 5.74) is 3.97. The number of halogens is 1. The van der Waals surface area contributed by atoms with Crippen molar-refractivity contribution < 1.29 is 9.53 Å². The van der Waals surface area contributed by atoms with Crippen LogP contribution in [-0.2, 0) is 16.0 Å². The Hall–Kier alpha value is -1.61. The number of methoxy groups -OCH3 is 1. The van der Waals surface area contributed by atoms with Crippen LogP contribution in [-0.4, -0.2) is 18.1 Å². The van der Waals surface area contributed by atoms with Gasteiger partial charge in [0.2, 0.25) is 0 Å². The minimum Gasteiger partial charge on any atom is -0.469 e. The molecule has 0 fully saturated rings. The fraction of sp³-hybridized carbons (Fsp3) is 0.333. The van der Waals surface area contributed by atoms with Crippen LogP contribution in [0.5, 0.6) is 0 Å². The van der Waals surface area contributed by atoms with E-state index in [1.54, 1.807) is 0 Å². The lowest BCUT2D eigenvalue weighted by molar-refractivity contribution is -0.140. The number of benzene rings is 1. The molecule has 0 aliphatic heterocycles. The number of fused-ring (bicyclic) bond motifs is 1. The average Bonchev–Trinajstić information content (AvgIpc) is 2.40. The molecular weight excluding hydrogens is 262 g/mol. The summed E-state index contributed by atoms with van der Waals surface area (Å²) in [5.74, 6) is -0.220. The number of ether oxygens (including phenoxy) is 1. The van der Waals surface area contributed by atoms with Crippen LogP contribution in [0.4, 0.5) is 0 Å². The molecule has 0 N–H and O–H groups in total. The van der Waals surface area contributed by atoms with Crippen molar-refractivity contribution in [2.45, 2.75) is 26.7 Å². The van der Waals surface area contributed by atoms with Gasteiger partial charge >= 0.3 is 5.97 Å². The van der Waals surface area contributed by atoms with Crippen LogP contribution < -0.4 is 0 Å². The third-order valence-electron chi connectivity index (χ3n) is 3.17. The predicted molar refractivity (Wildman–Crippen MR) is 76.6 cm³/mol. The second kappa shape index (κ2) is 5.57. The van der Waals surface area contributed by atoms with Gasteiger partial charge in [-0.15, -0.1) is 0 Å². The van der Waals surface area contributed by atoms with Crippen molar-refractivity contribution in [3.05, 3.63) is 40.0 Å². The first kappa shape index (κ1) is 13.8. The normalized spacial score (nSPS) is 10.7. The topological polar surface area (TPSA) is 39.2 Å². The predicted octanol–water partition coefficient (Wildman–Crippen LogP) is 3.61. The molecule has 2 aromatic rings. The zero-order valence-corrected chi connectivity index (χ0v) is 12.0. The van der Waals surface area contributed by atoms with Gasteiger partial charge in [-0.25, -0.2) is 0 Å². The van der Waals surface area contributed by atoms with Gasteiger partial charge in [-0.2, -0.15) is 0 Å². The lowest BCUT2D eigenvalue weighted by Gasteiger charge is -2.09. The molecule has 19 heavy (non-hydrogen) atoms. The Morgan fingerprint density at radius 2 is 2.05 bits per heavy atom. The summed E-state index contributed by atoms with van der Waals surface area (Å²) in [4.78, 5) is 15.8. The van der Waals surface area contributed by atoms with Crippen molar-refractivity contribution in [1.29, 1.82) is 0 Å². The highest BCUT2D eigenvalue weighted by molar-refractivity contribution is 6.35. The molecule has 0 bridgehead atoms. The Balaban J connectivity index is 2.44. The minimum atomic E-state index is -0.220. The minimum absolute atomic E-state index is 0.220. The van der Waals surface area contributed by atoms with Crippen LogP contribution in [0.2, 0.25) is 5.02 Å². The van der Waals surface area contributed by atoms with Crippen molar-refractivity contribution in [1.82, 2.24) is 4.98 Å². The fourth-order valence-corrected chi connectivity index (χ4v) is 2.45. The lowest BCUT2D eigenvalue weighted by atomic mass is 10.0. The van der Waals surface area contributed by atoms with Gasteiger partial charge in [0.15, 0.2) is 0 Å².